The molecular formula is C14H25N. The minimum Gasteiger partial charge on any atom is -0.302 e. The van der Waals surface area contributed by atoms with E-state index >= 15 is 0 Å². The second-order valence-electron chi connectivity index (χ2n) is 5.45. The summed E-state index contributed by atoms with van der Waals surface area (Å²) < 4.78 is 0. The highest BCUT2D eigenvalue weighted by atomic mass is 15.1. The maximum absolute atomic E-state index is 2.43. The maximum atomic E-state index is 2.43. The minimum atomic E-state index is 0.302. The van der Waals surface area contributed by atoms with Crippen molar-refractivity contribution < 1.29 is 0 Å². The highest BCUT2D eigenvalue weighted by Crippen LogP contribution is 2.16. The fourth-order valence-corrected chi connectivity index (χ4v) is 1.71. The van der Waals surface area contributed by atoms with Crippen LogP contribution in [0.25, 0.3) is 0 Å². The molecule has 0 fully saturated rings. The number of rotatable bonds is 4. The standard InChI is InChI=1S/C14H25N/c1-14(2,3)15(4)12-8-11-13-9-6-5-7-10-13/h6,9-10H,5,7-8,11-12H2,1-4H3. The highest BCUT2D eigenvalue weighted by Gasteiger charge is 2.15. The van der Waals surface area contributed by atoms with E-state index in [4.69, 9.17) is 0 Å². The van der Waals surface area contributed by atoms with Crippen molar-refractivity contribution in [1.29, 1.82) is 0 Å². The van der Waals surface area contributed by atoms with Gasteiger partial charge in [0.25, 0.3) is 0 Å². The van der Waals surface area contributed by atoms with Crippen molar-refractivity contribution >= 4 is 0 Å². The van der Waals surface area contributed by atoms with Crippen LogP contribution >= 0.6 is 0 Å². The van der Waals surface area contributed by atoms with Crippen molar-refractivity contribution in [3.63, 3.8) is 0 Å². The van der Waals surface area contributed by atoms with Gasteiger partial charge < -0.3 is 4.90 Å². The molecule has 1 nitrogen and oxygen atoms in total. The molecule has 86 valence electrons. The quantitative estimate of drug-likeness (QED) is 0.678. The zero-order chi connectivity index (χ0) is 11.3. The third kappa shape index (κ3) is 4.65. The molecule has 1 heteroatoms. The lowest BCUT2D eigenvalue weighted by atomic mass is 10.0. The first-order chi connectivity index (χ1) is 7.00. The predicted octanol–water partition coefficient (Wildman–Crippen LogP) is 3.77. The highest BCUT2D eigenvalue weighted by molar-refractivity contribution is 5.21. The van der Waals surface area contributed by atoms with E-state index in [9.17, 15) is 0 Å². The Kier molecular flexibility index (Phi) is 4.59. The Morgan fingerprint density at radius 1 is 1.27 bits per heavy atom. The summed E-state index contributed by atoms with van der Waals surface area (Å²) in [7, 11) is 2.21. The maximum Gasteiger partial charge on any atom is 0.0122 e. The van der Waals surface area contributed by atoms with Crippen LogP contribution in [0.3, 0.4) is 0 Å². The van der Waals surface area contributed by atoms with Gasteiger partial charge >= 0.3 is 0 Å². The van der Waals surface area contributed by atoms with Gasteiger partial charge in [-0.3, -0.25) is 0 Å². The Hall–Kier alpha value is -0.560. The third-order valence-corrected chi connectivity index (χ3v) is 3.18. The van der Waals surface area contributed by atoms with Gasteiger partial charge in [-0.05, 0) is 60.0 Å². The number of nitrogens with zero attached hydrogens (tertiary/aromatic N) is 1. The van der Waals surface area contributed by atoms with E-state index in [0.29, 0.717) is 5.54 Å². The van der Waals surface area contributed by atoms with Gasteiger partial charge in [0, 0.05) is 5.54 Å². The molecule has 0 aromatic rings. The van der Waals surface area contributed by atoms with E-state index < -0.39 is 0 Å². The van der Waals surface area contributed by atoms with E-state index in [1.165, 1.54) is 37.8 Å². The molecule has 1 aliphatic rings. The van der Waals surface area contributed by atoms with E-state index in [2.05, 4.69) is 50.9 Å². The van der Waals surface area contributed by atoms with Crippen LogP contribution in [-0.2, 0) is 0 Å². The fourth-order valence-electron chi connectivity index (χ4n) is 1.71. The van der Waals surface area contributed by atoms with Crippen molar-refractivity contribution in [2.75, 3.05) is 13.6 Å². The lowest BCUT2D eigenvalue weighted by Crippen LogP contribution is -2.38. The molecule has 0 saturated heterocycles. The Balaban J connectivity index is 2.21. The summed E-state index contributed by atoms with van der Waals surface area (Å²) in [5, 5.41) is 0. The summed E-state index contributed by atoms with van der Waals surface area (Å²) in [6.07, 6.45) is 11.9. The summed E-state index contributed by atoms with van der Waals surface area (Å²) in [5.74, 6) is 0. The largest absolute Gasteiger partial charge is 0.302 e. The molecular weight excluding hydrogens is 182 g/mol. The molecule has 0 saturated carbocycles. The van der Waals surface area contributed by atoms with Crippen LogP contribution in [0.15, 0.2) is 23.8 Å². The first-order valence-corrected chi connectivity index (χ1v) is 6.07. The monoisotopic (exact) mass is 207 g/mol. The molecule has 0 atom stereocenters. The van der Waals surface area contributed by atoms with Gasteiger partial charge in [0.1, 0.15) is 0 Å². The Morgan fingerprint density at radius 3 is 2.53 bits per heavy atom. The molecule has 0 heterocycles. The van der Waals surface area contributed by atoms with Crippen LogP contribution in [-0.4, -0.2) is 24.0 Å². The normalized spacial score (nSPS) is 17.0. The molecule has 0 bridgehead atoms. The van der Waals surface area contributed by atoms with Crippen molar-refractivity contribution in [2.24, 2.45) is 0 Å². The molecule has 0 aliphatic heterocycles. The first-order valence-electron chi connectivity index (χ1n) is 6.07. The van der Waals surface area contributed by atoms with E-state index in [-0.39, 0.29) is 0 Å². The number of allylic oxidation sites excluding steroid dienone is 4. The van der Waals surface area contributed by atoms with Gasteiger partial charge in [0.05, 0.1) is 0 Å². The van der Waals surface area contributed by atoms with Crippen LogP contribution < -0.4 is 0 Å². The molecule has 0 aromatic carbocycles. The summed E-state index contributed by atoms with van der Waals surface area (Å²) in [5.41, 5.74) is 1.83. The lowest BCUT2D eigenvalue weighted by molar-refractivity contribution is 0.174. The molecule has 0 unspecified atom stereocenters. The Bertz CT molecular complexity index is 243. The minimum absolute atomic E-state index is 0.302. The van der Waals surface area contributed by atoms with E-state index in [1.54, 1.807) is 0 Å². The smallest absolute Gasteiger partial charge is 0.0122 e. The summed E-state index contributed by atoms with van der Waals surface area (Å²) in [6.45, 7) is 8.00. The van der Waals surface area contributed by atoms with Gasteiger partial charge in [-0.15, -0.1) is 0 Å². The summed E-state index contributed by atoms with van der Waals surface area (Å²) in [4.78, 5) is 2.43. The molecule has 1 aliphatic carbocycles. The van der Waals surface area contributed by atoms with Crippen LogP contribution in [0.1, 0.15) is 46.5 Å². The average molecular weight is 207 g/mol. The molecule has 0 aromatic heterocycles. The summed E-state index contributed by atoms with van der Waals surface area (Å²) >= 11 is 0. The lowest BCUT2D eigenvalue weighted by Gasteiger charge is -2.31. The molecule has 1 rings (SSSR count). The Labute approximate surface area is 94.9 Å². The zero-order valence-corrected chi connectivity index (χ0v) is 10.7. The van der Waals surface area contributed by atoms with Crippen molar-refractivity contribution in [1.82, 2.24) is 4.90 Å². The van der Waals surface area contributed by atoms with Gasteiger partial charge in [-0.25, -0.2) is 0 Å². The molecule has 0 spiro atoms. The van der Waals surface area contributed by atoms with Crippen molar-refractivity contribution in [3.8, 4) is 0 Å². The summed E-state index contributed by atoms with van der Waals surface area (Å²) in [6, 6.07) is 0. The topological polar surface area (TPSA) is 3.24 Å². The van der Waals surface area contributed by atoms with Gasteiger partial charge in [-0.2, -0.15) is 0 Å². The third-order valence-electron chi connectivity index (χ3n) is 3.18. The van der Waals surface area contributed by atoms with E-state index in [0.717, 1.165) is 0 Å². The SMILES string of the molecule is CN(CCCC1=CCCC=C1)C(C)(C)C. The van der Waals surface area contributed by atoms with Gasteiger partial charge in [0.15, 0.2) is 0 Å². The van der Waals surface area contributed by atoms with Crippen LogP contribution in [0.5, 0.6) is 0 Å². The molecule has 0 radical (unpaired) electrons. The van der Waals surface area contributed by atoms with E-state index in [1.807, 2.05) is 0 Å². The van der Waals surface area contributed by atoms with Crippen LogP contribution in [0.2, 0.25) is 0 Å². The fraction of sp³-hybridized carbons (Fsp3) is 0.714. The van der Waals surface area contributed by atoms with Crippen molar-refractivity contribution in [3.05, 3.63) is 23.8 Å². The van der Waals surface area contributed by atoms with Crippen LogP contribution in [0.4, 0.5) is 0 Å². The average Bonchev–Trinajstić information content (AvgIpc) is 2.18. The second kappa shape index (κ2) is 5.50. The predicted molar refractivity (Wildman–Crippen MR) is 68.1 cm³/mol. The van der Waals surface area contributed by atoms with Crippen LogP contribution in [0, 0.1) is 0 Å². The molecule has 0 N–H and O–H groups in total. The Morgan fingerprint density at radius 2 is 2.00 bits per heavy atom. The molecule has 0 amide bonds. The molecule has 15 heavy (non-hydrogen) atoms. The second-order valence-corrected chi connectivity index (χ2v) is 5.45. The van der Waals surface area contributed by atoms with Crippen molar-refractivity contribution in [2.45, 2.75) is 52.0 Å². The number of hydrogen-bond donors (Lipinski definition) is 0. The number of hydrogen-bond acceptors (Lipinski definition) is 1. The van der Waals surface area contributed by atoms with Gasteiger partial charge in [0.2, 0.25) is 0 Å². The van der Waals surface area contributed by atoms with Gasteiger partial charge in [-0.1, -0.05) is 23.8 Å². The zero-order valence-electron chi connectivity index (χ0n) is 10.7. The first kappa shape index (κ1) is 12.5.